The summed E-state index contributed by atoms with van der Waals surface area (Å²) in [5.41, 5.74) is 0. The number of carbonyl (C=O) groups excluding carboxylic acids is 4. The number of rotatable bonds is 5. The first-order valence-electron chi connectivity index (χ1n) is 8.64. The number of methoxy groups -OCH3 is 4. The van der Waals surface area contributed by atoms with Gasteiger partial charge in [0.1, 0.15) is 28.2 Å². The molecule has 0 fully saturated rings. The maximum atomic E-state index is 11.5. The Balaban J connectivity index is -0.000000235. The molecule has 0 saturated heterocycles. The van der Waals surface area contributed by atoms with Gasteiger partial charge in [0.05, 0.1) is 37.7 Å². The number of hydrogen-bond donors (Lipinski definition) is 0. The molecule has 0 radical (unpaired) electrons. The molecule has 0 amide bonds. The molecule has 0 aliphatic heterocycles. The molecule has 0 aromatic carbocycles. The maximum absolute atomic E-state index is 11.5. The fraction of sp³-hybridized carbons (Fsp3) is 0.444. The molecule has 206 valence electrons. The van der Waals surface area contributed by atoms with Gasteiger partial charge >= 0.3 is 23.9 Å². The van der Waals surface area contributed by atoms with Crippen LogP contribution in [0, 0.1) is 0 Å². The van der Waals surface area contributed by atoms with Crippen LogP contribution in [0.3, 0.4) is 0 Å². The predicted octanol–water partition coefficient (Wildman–Crippen LogP) is -0.657. The second kappa shape index (κ2) is 23.2. The third-order valence-electron chi connectivity index (χ3n) is 2.82. The summed E-state index contributed by atoms with van der Waals surface area (Å²) in [4.78, 5) is 43.2. The molecule has 0 heterocycles. The predicted molar refractivity (Wildman–Crippen MR) is 148 cm³/mol. The molecule has 0 aliphatic rings. The second-order valence-corrected chi connectivity index (χ2v) is 9.61. The molecule has 0 atom stereocenters. The number of carbonyl (C=O) groups is 4. The van der Waals surface area contributed by atoms with Gasteiger partial charge in [0.2, 0.25) is 0 Å². The monoisotopic (exact) mass is 804 g/mol. The number of ether oxygens (including phenoxy) is 4. The molecule has 0 saturated carbocycles. The molecule has 10 nitrogen and oxygen atoms in total. The van der Waals surface area contributed by atoms with E-state index in [1.807, 2.05) is 14.1 Å². The van der Waals surface area contributed by atoms with E-state index in [4.69, 9.17) is 25.3 Å². The Morgan fingerprint density at radius 3 is 1.06 bits per heavy atom. The summed E-state index contributed by atoms with van der Waals surface area (Å²) in [5.74, 6) is -3.09. The minimum absolute atomic E-state index is 0. The summed E-state index contributed by atoms with van der Waals surface area (Å²) in [7, 11) is 11.8. The Morgan fingerprint density at radius 1 is 0.556 bits per heavy atom. The number of esters is 4. The van der Waals surface area contributed by atoms with Gasteiger partial charge in [0.15, 0.2) is 0 Å². The molecular weight excluding hydrogens is 781 g/mol. The van der Waals surface area contributed by atoms with E-state index in [2.05, 4.69) is 69.5 Å². The quantitative estimate of drug-likeness (QED) is 0.0668. The molecule has 0 unspecified atom stereocenters. The summed E-state index contributed by atoms with van der Waals surface area (Å²) in [5, 5.41) is 0. The number of nitrogens with zero attached hydrogens (tertiary/aromatic N) is 2. The van der Waals surface area contributed by atoms with Crippen LogP contribution in [0.5, 0.6) is 0 Å². The summed E-state index contributed by atoms with van der Waals surface area (Å²) >= 11 is 28.9. The Bertz CT molecular complexity index is 875. The first-order chi connectivity index (χ1) is 16.0. The van der Waals surface area contributed by atoms with Crippen LogP contribution < -0.4 is 0 Å². The van der Waals surface area contributed by atoms with Gasteiger partial charge in [-0.25, -0.2) is 19.2 Å². The van der Waals surface area contributed by atoms with Crippen molar-refractivity contribution in [3.63, 3.8) is 0 Å². The summed E-state index contributed by atoms with van der Waals surface area (Å²) in [6, 6.07) is 0. The van der Waals surface area contributed by atoms with Crippen molar-refractivity contribution < 1.29 is 68.3 Å². The fourth-order valence-electron chi connectivity index (χ4n) is 1.01. The number of hydrogen-bond acceptors (Lipinski definition) is 15. The van der Waals surface area contributed by atoms with Crippen molar-refractivity contribution in [3.8, 4) is 0 Å². The molecule has 0 N–H and O–H groups in total. The van der Waals surface area contributed by atoms with E-state index in [-0.39, 0.29) is 40.7 Å². The first-order valence-corrected chi connectivity index (χ1v) is 11.9. The largest absolute Gasteiger partial charge is 0.774 e. The van der Waals surface area contributed by atoms with Crippen LogP contribution in [-0.4, -0.2) is 98.4 Å². The van der Waals surface area contributed by atoms with Crippen molar-refractivity contribution in [2.75, 3.05) is 56.6 Å². The Kier molecular flexibility index (Phi) is 27.2. The minimum atomic E-state index is -0.805. The summed E-state index contributed by atoms with van der Waals surface area (Å²) < 4.78 is 21.7. The molecular formula is C18H24N2O8S7W-4. The van der Waals surface area contributed by atoms with Crippen LogP contribution in [-0.2, 0) is 135 Å². The molecule has 0 spiro atoms. The SMILES string of the molecule is COC(=O)/C([S-])=C(/SC([S-])=[N+](C)C)C(=O)OC.COC(=O)/C([S-])=C(/[S-])C(=O)OC.C[N+](C)=C([S-])[S-].[W]. The molecule has 0 aromatic rings. The molecule has 36 heavy (non-hydrogen) atoms. The standard InChI is InChI=1S/C9H13NO4S3.C6H8O4S2.C3H7NS2.W/c1-10(2)9(16)17-6(8(12)14-4)5(15)7(11)13-3;1-9-5(7)3(11)4(12)6(8)10-2;1-4(2)3(5)6;/h15H,1-4H3;11-12H,1-2H3;1-2H3,(H,5,6);/p-4/b6-5-;4-3-;;. The summed E-state index contributed by atoms with van der Waals surface area (Å²) in [6.45, 7) is 0. The van der Waals surface area contributed by atoms with E-state index in [9.17, 15) is 19.2 Å². The van der Waals surface area contributed by atoms with Crippen LogP contribution in [0.15, 0.2) is 19.6 Å². The van der Waals surface area contributed by atoms with E-state index in [1.165, 1.54) is 14.2 Å². The van der Waals surface area contributed by atoms with Gasteiger partial charge in [-0.3, -0.25) is 9.15 Å². The minimum Gasteiger partial charge on any atom is -0.774 e. The topological polar surface area (TPSA) is 111 Å². The van der Waals surface area contributed by atoms with Crippen molar-refractivity contribution >= 4 is 120 Å². The zero-order chi connectivity index (χ0) is 28.5. The van der Waals surface area contributed by atoms with E-state index in [0.29, 0.717) is 8.75 Å². The van der Waals surface area contributed by atoms with Gasteiger partial charge in [-0.05, 0) is 11.8 Å². The van der Waals surface area contributed by atoms with Crippen LogP contribution in [0.1, 0.15) is 0 Å². The number of thioether (sulfide) groups is 1. The van der Waals surface area contributed by atoms with E-state index >= 15 is 0 Å². The smallest absolute Gasteiger partial charge is 0.343 e. The molecule has 0 bridgehead atoms. The van der Waals surface area contributed by atoms with Gasteiger partial charge < -0.3 is 94.7 Å². The average Bonchev–Trinajstić information content (AvgIpc) is 2.84. The van der Waals surface area contributed by atoms with E-state index in [0.717, 1.165) is 26.0 Å². The Hall–Kier alpha value is -0.942. The molecule has 0 aromatic heterocycles. The van der Waals surface area contributed by atoms with Crippen LogP contribution in [0.4, 0.5) is 0 Å². The fourth-order valence-corrected chi connectivity index (χ4v) is 2.58. The molecule has 0 aliphatic carbocycles. The van der Waals surface area contributed by atoms with Gasteiger partial charge in [-0.1, -0.05) is 9.28 Å². The van der Waals surface area contributed by atoms with Crippen molar-refractivity contribution in [1.29, 1.82) is 0 Å². The van der Waals surface area contributed by atoms with Crippen molar-refractivity contribution in [1.82, 2.24) is 0 Å². The van der Waals surface area contributed by atoms with Crippen LogP contribution in [0.25, 0.3) is 0 Å². The van der Waals surface area contributed by atoms with Crippen molar-refractivity contribution in [3.05, 3.63) is 19.6 Å². The third kappa shape index (κ3) is 18.3. The maximum Gasteiger partial charge on any atom is 0.343 e. The average molecular weight is 805 g/mol. The molecule has 0 rings (SSSR count). The normalized spacial score (nSPS) is 10.4. The van der Waals surface area contributed by atoms with E-state index < -0.39 is 23.9 Å². The van der Waals surface area contributed by atoms with Gasteiger partial charge in [0, 0.05) is 21.1 Å². The Morgan fingerprint density at radius 2 is 0.833 bits per heavy atom. The van der Waals surface area contributed by atoms with Crippen molar-refractivity contribution in [2.24, 2.45) is 0 Å². The van der Waals surface area contributed by atoms with Gasteiger partial charge in [-0.15, -0.1) is 9.81 Å². The second-order valence-electron chi connectivity index (χ2n) is 5.71. The zero-order valence-electron chi connectivity index (χ0n) is 20.4. The molecule has 18 heteroatoms. The Labute approximate surface area is 262 Å². The zero-order valence-corrected chi connectivity index (χ0v) is 29.1. The van der Waals surface area contributed by atoms with Crippen molar-refractivity contribution in [2.45, 2.75) is 0 Å². The summed E-state index contributed by atoms with van der Waals surface area (Å²) in [6.07, 6.45) is 0. The van der Waals surface area contributed by atoms with Crippen LogP contribution in [0.2, 0.25) is 0 Å². The first kappa shape index (κ1) is 42.2. The third-order valence-corrected chi connectivity index (χ3v) is 6.65. The van der Waals surface area contributed by atoms with Gasteiger partial charge in [0.25, 0.3) is 0 Å². The van der Waals surface area contributed by atoms with Gasteiger partial charge in [-0.2, -0.15) is 0 Å². The van der Waals surface area contributed by atoms with E-state index in [1.54, 1.807) is 23.2 Å². The van der Waals surface area contributed by atoms with Crippen LogP contribution >= 0.6 is 11.8 Å².